The lowest BCUT2D eigenvalue weighted by molar-refractivity contribution is -0.140. The van der Waals surface area contributed by atoms with Gasteiger partial charge in [-0.15, -0.1) is 0 Å². The number of carbonyl (C=O) groups excluding carboxylic acids is 1. The second kappa shape index (κ2) is 6.43. The first kappa shape index (κ1) is 15.1. The lowest BCUT2D eigenvalue weighted by atomic mass is 10.2. The SMILES string of the molecule is O=C(CNC(C(=O)O)C1CC1)Nc1cccc(Cl)c1Cl. The Kier molecular flexibility index (Phi) is 4.86. The molecule has 0 saturated heterocycles. The summed E-state index contributed by atoms with van der Waals surface area (Å²) in [7, 11) is 0. The lowest BCUT2D eigenvalue weighted by Gasteiger charge is -2.14. The van der Waals surface area contributed by atoms with Gasteiger partial charge < -0.3 is 10.4 Å². The van der Waals surface area contributed by atoms with E-state index in [1.165, 1.54) is 0 Å². The van der Waals surface area contributed by atoms with Gasteiger partial charge in [0.25, 0.3) is 0 Å². The van der Waals surface area contributed by atoms with Gasteiger partial charge in [-0.25, -0.2) is 0 Å². The summed E-state index contributed by atoms with van der Waals surface area (Å²) in [6.45, 7) is -0.0870. The summed E-state index contributed by atoms with van der Waals surface area (Å²) < 4.78 is 0. The van der Waals surface area contributed by atoms with Crippen molar-refractivity contribution in [2.24, 2.45) is 5.92 Å². The molecule has 0 radical (unpaired) electrons. The smallest absolute Gasteiger partial charge is 0.320 e. The molecule has 0 aliphatic heterocycles. The van der Waals surface area contributed by atoms with Crippen molar-refractivity contribution in [2.45, 2.75) is 18.9 Å². The lowest BCUT2D eigenvalue weighted by Crippen LogP contribution is -2.42. The van der Waals surface area contributed by atoms with Crippen LogP contribution in [0.1, 0.15) is 12.8 Å². The van der Waals surface area contributed by atoms with E-state index in [0.29, 0.717) is 10.7 Å². The van der Waals surface area contributed by atoms with Crippen LogP contribution in [-0.2, 0) is 9.59 Å². The zero-order valence-electron chi connectivity index (χ0n) is 10.5. The molecule has 5 nitrogen and oxygen atoms in total. The summed E-state index contributed by atoms with van der Waals surface area (Å²) in [4.78, 5) is 22.8. The standard InChI is InChI=1S/C13H14Cl2N2O3/c14-8-2-1-3-9(11(8)15)17-10(18)6-16-12(13(19)20)7-4-5-7/h1-3,7,12,16H,4-6H2,(H,17,18)(H,19,20). The van der Waals surface area contributed by atoms with Crippen molar-refractivity contribution in [3.8, 4) is 0 Å². The second-order valence-electron chi connectivity index (χ2n) is 4.68. The van der Waals surface area contributed by atoms with Gasteiger partial charge in [-0.2, -0.15) is 0 Å². The molecule has 1 saturated carbocycles. The predicted octanol–water partition coefficient (Wildman–Crippen LogP) is 2.38. The van der Waals surface area contributed by atoms with Gasteiger partial charge in [-0.3, -0.25) is 14.9 Å². The number of aliphatic carboxylic acids is 1. The highest BCUT2D eigenvalue weighted by Crippen LogP contribution is 2.32. The van der Waals surface area contributed by atoms with Gasteiger partial charge in [0.1, 0.15) is 6.04 Å². The average Bonchev–Trinajstić information content (AvgIpc) is 3.19. The number of amides is 1. The molecule has 1 fully saturated rings. The van der Waals surface area contributed by atoms with Gasteiger partial charge in [0, 0.05) is 0 Å². The Morgan fingerprint density at radius 2 is 2.05 bits per heavy atom. The molecule has 1 aliphatic rings. The minimum atomic E-state index is -0.930. The molecule has 0 heterocycles. The molecule has 1 aromatic rings. The Morgan fingerprint density at radius 3 is 2.65 bits per heavy atom. The first-order valence-corrected chi connectivity index (χ1v) is 6.94. The summed E-state index contributed by atoms with van der Waals surface area (Å²) in [6.07, 6.45) is 1.76. The van der Waals surface area contributed by atoms with Crippen molar-refractivity contribution in [3.05, 3.63) is 28.2 Å². The molecule has 1 amide bonds. The van der Waals surface area contributed by atoms with Gasteiger partial charge in [0.05, 0.1) is 22.3 Å². The molecule has 0 spiro atoms. The van der Waals surface area contributed by atoms with Gasteiger partial charge in [0.2, 0.25) is 5.91 Å². The predicted molar refractivity (Wildman–Crippen MR) is 77.2 cm³/mol. The van der Waals surface area contributed by atoms with E-state index in [-0.39, 0.29) is 23.4 Å². The number of hydrogen-bond acceptors (Lipinski definition) is 3. The van der Waals surface area contributed by atoms with Crippen LogP contribution in [0.3, 0.4) is 0 Å². The molecule has 1 atom stereocenters. The zero-order chi connectivity index (χ0) is 14.7. The number of carbonyl (C=O) groups is 2. The van der Waals surface area contributed by atoms with E-state index < -0.39 is 12.0 Å². The van der Waals surface area contributed by atoms with Gasteiger partial charge in [0.15, 0.2) is 0 Å². The van der Waals surface area contributed by atoms with Crippen molar-refractivity contribution in [2.75, 3.05) is 11.9 Å². The molecule has 3 N–H and O–H groups in total. The Morgan fingerprint density at radius 1 is 1.35 bits per heavy atom. The topological polar surface area (TPSA) is 78.4 Å². The zero-order valence-corrected chi connectivity index (χ0v) is 12.0. The van der Waals surface area contributed by atoms with E-state index in [9.17, 15) is 9.59 Å². The molecule has 1 unspecified atom stereocenters. The fraction of sp³-hybridized carbons (Fsp3) is 0.385. The maximum Gasteiger partial charge on any atom is 0.320 e. The van der Waals surface area contributed by atoms with E-state index in [4.69, 9.17) is 28.3 Å². The highest BCUT2D eigenvalue weighted by molar-refractivity contribution is 6.43. The minimum Gasteiger partial charge on any atom is -0.480 e. The molecule has 7 heteroatoms. The van der Waals surface area contributed by atoms with Crippen molar-refractivity contribution in [1.82, 2.24) is 5.32 Å². The molecule has 1 aromatic carbocycles. The van der Waals surface area contributed by atoms with Crippen LogP contribution in [0.25, 0.3) is 0 Å². The Labute approximate surface area is 126 Å². The van der Waals surface area contributed by atoms with Gasteiger partial charge in [-0.1, -0.05) is 29.3 Å². The number of hydrogen-bond donors (Lipinski definition) is 3. The number of anilines is 1. The maximum absolute atomic E-state index is 11.8. The van der Waals surface area contributed by atoms with Crippen molar-refractivity contribution in [3.63, 3.8) is 0 Å². The van der Waals surface area contributed by atoms with Crippen LogP contribution in [0, 0.1) is 5.92 Å². The van der Waals surface area contributed by atoms with Crippen molar-refractivity contribution >= 4 is 40.8 Å². The molecule has 0 bridgehead atoms. The number of benzene rings is 1. The summed E-state index contributed by atoms with van der Waals surface area (Å²) in [5, 5.41) is 15.0. The average molecular weight is 317 g/mol. The third kappa shape index (κ3) is 3.85. The van der Waals surface area contributed by atoms with Crippen molar-refractivity contribution in [1.29, 1.82) is 0 Å². The molecular formula is C13H14Cl2N2O3. The van der Waals surface area contributed by atoms with Crippen LogP contribution < -0.4 is 10.6 Å². The Balaban J connectivity index is 1.89. The van der Waals surface area contributed by atoms with E-state index in [1.807, 2.05) is 0 Å². The number of rotatable bonds is 6. The van der Waals surface area contributed by atoms with Crippen LogP contribution in [0.2, 0.25) is 10.0 Å². The highest BCUT2D eigenvalue weighted by Gasteiger charge is 2.36. The Bertz CT molecular complexity index is 532. The quantitative estimate of drug-likeness (QED) is 0.753. The Hall–Kier alpha value is -1.30. The molecule has 108 valence electrons. The molecule has 20 heavy (non-hydrogen) atoms. The van der Waals surface area contributed by atoms with E-state index in [0.717, 1.165) is 12.8 Å². The fourth-order valence-corrected chi connectivity index (χ4v) is 2.23. The summed E-state index contributed by atoms with van der Waals surface area (Å²) >= 11 is 11.8. The summed E-state index contributed by atoms with van der Waals surface area (Å²) in [5.74, 6) is -1.17. The van der Waals surface area contributed by atoms with Gasteiger partial charge in [-0.05, 0) is 30.9 Å². The largest absolute Gasteiger partial charge is 0.480 e. The van der Waals surface area contributed by atoms with Crippen LogP contribution in [0.15, 0.2) is 18.2 Å². The third-order valence-electron chi connectivity index (χ3n) is 3.07. The van der Waals surface area contributed by atoms with Crippen LogP contribution in [-0.4, -0.2) is 29.6 Å². The summed E-state index contributed by atoms with van der Waals surface area (Å²) in [6, 6.07) is 4.24. The second-order valence-corrected chi connectivity index (χ2v) is 5.47. The number of carboxylic acid groups (broad SMARTS) is 1. The molecule has 0 aromatic heterocycles. The normalized spacial score (nSPS) is 15.7. The van der Waals surface area contributed by atoms with E-state index >= 15 is 0 Å². The monoisotopic (exact) mass is 316 g/mol. The van der Waals surface area contributed by atoms with Crippen LogP contribution in [0.5, 0.6) is 0 Å². The van der Waals surface area contributed by atoms with Gasteiger partial charge >= 0.3 is 5.97 Å². The first-order valence-electron chi connectivity index (χ1n) is 6.19. The number of nitrogens with one attached hydrogen (secondary N) is 2. The number of carboxylic acids is 1. The van der Waals surface area contributed by atoms with Crippen molar-refractivity contribution < 1.29 is 14.7 Å². The van der Waals surface area contributed by atoms with E-state index in [2.05, 4.69) is 10.6 Å². The first-order chi connectivity index (χ1) is 9.49. The third-order valence-corrected chi connectivity index (χ3v) is 3.89. The fourth-order valence-electron chi connectivity index (χ4n) is 1.88. The summed E-state index contributed by atoms with van der Waals surface area (Å²) in [5.41, 5.74) is 0.407. The minimum absolute atomic E-state index is 0.0870. The molecule has 1 aliphatic carbocycles. The molecule has 2 rings (SSSR count). The maximum atomic E-state index is 11.8. The van der Waals surface area contributed by atoms with E-state index in [1.54, 1.807) is 18.2 Å². The van der Waals surface area contributed by atoms with Crippen LogP contribution in [0.4, 0.5) is 5.69 Å². The number of halogens is 2. The molecular weight excluding hydrogens is 303 g/mol. The van der Waals surface area contributed by atoms with Crippen LogP contribution >= 0.6 is 23.2 Å². The highest BCUT2D eigenvalue weighted by atomic mass is 35.5.